The standard InChI is InChI=1S/C26H44N4O4/c1-16-5-10-24(25(11-16)33-4)34-26(32)28-14-17(2)30(18(3)31)22-9-6-19(12-23(22)28)20-13-27-29(15-20)21-7-8-21/h16-17,19-25,27H,5-15H2,1-4H3/t16?,17-,19?,20?,22?,23?,24?,25?/m0/s1. The van der Waals surface area contributed by atoms with Gasteiger partial charge in [-0.15, -0.1) is 0 Å². The summed E-state index contributed by atoms with van der Waals surface area (Å²) in [5, 5.41) is 2.45. The molecule has 5 aliphatic rings. The summed E-state index contributed by atoms with van der Waals surface area (Å²) in [5.74, 6) is 1.90. The summed E-state index contributed by atoms with van der Waals surface area (Å²) in [7, 11) is 1.72. The van der Waals surface area contributed by atoms with E-state index in [9.17, 15) is 9.59 Å². The molecule has 8 atom stereocenters. The van der Waals surface area contributed by atoms with Crippen LogP contribution in [0, 0.1) is 17.8 Å². The summed E-state index contributed by atoms with van der Waals surface area (Å²) < 4.78 is 11.8. The second-order valence-corrected chi connectivity index (χ2v) is 11.8. The average molecular weight is 477 g/mol. The minimum atomic E-state index is -0.212. The molecule has 5 fully saturated rings. The van der Waals surface area contributed by atoms with Crippen molar-refractivity contribution in [3.05, 3.63) is 0 Å². The molecule has 0 aromatic carbocycles. The van der Waals surface area contributed by atoms with Crippen molar-refractivity contribution in [2.45, 2.75) is 109 Å². The number of rotatable bonds is 4. The maximum absolute atomic E-state index is 13.6. The molecule has 7 unspecified atom stereocenters. The van der Waals surface area contributed by atoms with Crippen LogP contribution >= 0.6 is 0 Å². The predicted molar refractivity (Wildman–Crippen MR) is 129 cm³/mol. The highest BCUT2D eigenvalue weighted by Crippen LogP contribution is 2.41. The topological polar surface area (TPSA) is 74.3 Å². The average Bonchev–Trinajstić information content (AvgIpc) is 3.55. The molecule has 3 saturated carbocycles. The van der Waals surface area contributed by atoms with Crippen LogP contribution in [0.2, 0.25) is 0 Å². The molecular weight excluding hydrogens is 432 g/mol. The lowest BCUT2D eigenvalue weighted by molar-refractivity contribution is -0.143. The fourth-order valence-corrected chi connectivity index (χ4v) is 7.32. The number of methoxy groups -OCH3 is 1. The fraction of sp³-hybridized carbons (Fsp3) is 0.923. The normalized spacial score (nSPS) is 41.3. The molecule has 192 valence electrons. The number of fused-ring (bicyclic) bond motifs is 1. The van der Waals surface area contributed by atoms with Crippen molar-refractivity contribution in [1.82, 2.24) is 20.2 Å². The summed E-state index contributed by atoms with van der Waals surface area (Å²) >= 11 is 0. The molecule has 8 nitrogen and oxygen atoms in total. The molecule has 0 spiro atoms. The van der Waals surface area contributed by atoms with E-state index in [1.807, 2.05) is 9.80 Å². The number of ether oxygens (including phenoxy) is 2. The van der Waals surface area contributed by atoms with Gasteiger partial charge in [-0.1, -0.05) is 6.92 Å². The molecule has 0 bridgehead atoms. The van der Waals surface area contributed by atoms with Crippen LogP contribution in [0.4, 0.5) is 4.79 Å². The van der Waals surface area contributed by atoms with Crippen molar-refractivity contribution < 1.29 is 19.1 Å². The molecule has 1 N–H and O–H groups in total. The van der Waals surface area contributed by atoms with E-state index < -0.39 is 0 Å². The van der Waals surface area contributed by atoms with E-state index in [0.29, 0.717) is 24.3 Å². The first-order valence-electron chi connectivity index (χ1n) is 13.6. The monoisotopic (exact) mass is 476 g/mol. The van der Waals surface area contributed by atoms with E-state index >= 15 is 0 Å². The Morgan fingerprint density at radius 3 is 2.38 bits per heavy atom. The molecule has 34 heavy (non-hydrogen) atoms. The van der Waals surface area contributed by atoms with Gasteiger partial charge in [-0.2, -0.15) is 0 Å². The molecule has 2 heterocycles. The largest absolute Gasteiger partial charge is 0.443 e. The zero-order valence-corrected chi connectivity index (χ0v) is 21.4. The van der Waals surface area contributed by atoms with E-state index in [-0.39, 0.29) is 42.3 Å². The number of nitrogens with one attached hydrogen (secondary N) is 1. The predicted octanol–water partition coefficient (Wildman–Crippen LogP) is 3.02. The summed E-state index contributed by atoms with van der Waals surface area (Å²) in [6, 6.07) is 0.850. The number of hydrogen-bond acceptors (Lipinski definition) is 6. The van der Waals surface area contributed by atoms with Gasteiger partial charge in [0.2, 0.25) is 5.91 Å². The lowest BCUT2D eigenvalue weighted by atomic mass is 9.73. The van der Waals surface area contributed by atoms with Gasteiger partial charge in [-0.3, -0.25) is 10.2 Å². The lowest BCUT2D eigenvalue weighted by Gasteiger charge is -2.54. The van der Waals surface area contributed by atoms with Crippen LogP contribution in [0.1, 0.15) is 72.1 Å². The highest BCUT2D eigenvalue weighted by atomic mass is 16.6. The van der Waals surface area contributed by atoms with Gasteiger partial charge in [-0.25, -0.2) is 9.80 Å². The quantitative estimate of drug-likeness (QED) is 0.672. The molecule has 2 amide bonds. The van der Waals surface area contributed by atoms with E-state index in [2.05, 4.69) is 24.3 Å². The number of piperazine rings is 1. The molecular formula is C26H44N4O4. The van der Waals surface area contributed by atoms with Crippen LogP contribution in [0.25, 0.3) is 0 Å². The molecule has 0 aromatic heterocycles. The highest BCUT2D eigenvalue weighted by molar-refractivity contribution is 5.75. The Labute approximate surface area is 204 Å². The van der Waals surface area contributed by atoms with Gasteiger partial charge < -0.3 is 19.3 Å². The molecule has 5 rings (SSSR count). The summed E-state index contributed by atoms with van der Waals surface area (Å²) in [4.78, 5) is 30.2. The molecule has 0 radical (unpaired) electrons. The zero-order chi connectivity index (χ0) is 24.0. The highest BCUT2D eigenvalue weighted by Gasteiger charge is 2.49. The van der Waals surface area contributed by atoms with Crippen molar-refractivity contribution in [1.29, 1.82) is 0 Å². The van der Waals surface area contributed by atoms with E-state index in [4.69, 9.17) is 9.47 Å². The van der Waals surface area contributed by atoms with Crippen LogP contribution in [0.3, 0.4) is 0 Å². The van der Waals surface area contributed by atoms with Crippen molar-refractivity contribution >= 4 is 12.0 Å². The van der Waals surface area contributed by atoms with Gasteiger partial charge in [0.1, 0.15) is 6.10 Å². The first-order valence-corrected chi connectivity index (χ1v) is 13.6. The van der Waals surface area contributed by atoms with Gasteiger partial charge in [0.25, 0.3) is 0 Å². The number of hydrogen-bond donors (Lipinski definition) is 1. The fourth-order valence-electron chi connectivity index (χ4n) is 7.32. The van der Waals surface area contributed by atoms with Gasteiger partial charge in [0.05, 0.1) is 18.2 Å². The van der Waals surface area contributed by atoms with Crippen LogP contribution in [0.15, 0.2) is 0 Å². The first kappa shape index (κ1) is 24.3. The number of carbonyl (C=O) groups is 2. The van der Waals surface area contributed by atoms with E-state index in [1.165, 1.54) is 12.8 Å². The van der Waals surface area contributed by atoms with E-state index in [1.54, 1.807) is 14.0 Å². The number of hydrazine groups is 1. The summed E-state index contributed by atoms with van der Waals surface area (Å²) in [6.07, 6.45) is 8.09. The van der Waals surface area contributed by atoms with Gasteiger partial charge in [0.15, 0.2) is 0 Å². The second-order valence-electron chi connectivity index (χ2n) is 11.8. The number of amides is 2. The minimum absolute atomic E-state index is 0.00551. The minimum Gasteiger partial charge on any atom is -0.443 e. The molecule has 2 saturated heterocycles. The molecule has 0 aromatic rings. The Morgan fingerprint density at radius 2 is 1.68 bits per heavy atom. The van der Waals surface area contributed by atoms with Crippen LogP contribution in [0.5, 0.6) is 0 Å². The van der Waals surface area contributed by atoms with Crippen molar-refractivity contribution in [3.63, 3.8) is 0 Å². The summed E-state index contributed by atoms with van der Waals surface area (Å²) in [6.45, 7) is 8.67. The Hall–Kier alpha value is -1.38. The van der Waals surface area contributed by atoms with Crippen molar-refractivity contribution in [3.8, 4) is 0 Å². The third-order valence-corrected chi connectivity index (χ3v) is 9.30. The Balaban J connectivity index is 1.30. The van der Waals surface area contributed by atoms with Gasteiger partial charge >= 0.3 is 6.09 Å². The Morgan fingerprint density at radius 1 is 0.882 bits per heavy atom. The Kier molecular flexibility index (Phi) is 7.11. The maximum Gasteiger partial charge on any atom is 0.410 e. The molecule has 8 heteroatoms. The Bertz CT molecular complexity index is 761. The van der Waals surface area contributed by atoms with Crippen molar-refractivity contribution in [2.24, 2.45) is 17.8 Å². The number of nitrogens with zero attached hydrogens (tertiary/aromatic N) is 3. The zero-order valence-electron chi connectivity index (χ0n) is 21.4. The lowest BCUT2D eigenvalue weighted by Crippen LogP contribution is -2.67. The van der Waals surface area contributed by atoms with Gasteiger partial charge in [0, 0.05) is 45.8 Å². The third-order valence-electron chi connectivity index (χ3n) is 9.30. The third kappa shape index (κ3) is 4.82. The number of carbonyl (C=O) groups excluding carboxylic acids is 2. The van der Waals surface area contributed by atoms with Crippen LogP contribution < -0.4 is 5.43 Å². The maximum atomic E-state index is 13.6. The molecule has 2 aliphatic heterocycles. The smallest absolute Gasteiger partial charge is 0.410 e. The van der Waals surface area contributed by atoms with Crippen LogP contribution in [-0.4, -0.2) is 89.9 Å². The van der Waals surface area contributed by atoms with E-state index in [0.717, 1.165) is 57.7 Å². The first-order chi connectivity index (χ1) is 16.4. The SMILES string of the molecule is COC1CC(C)CCC1OC(=O)N1C[C@H](C)N(C(C)=O)C2CCC(C3CNN(C4CC4)C3)CC21. The van der Waals surface area contributed by atoms with Crippen molar-refractivity contribution in [2.75, 3.05) is 26.7 Å². The second kappa shape index (κ2) is 9.94. The van der Waals surface area contributed by atoms with Crippen LogP contribution in [-0.2, 0) is 14.3 Å². The van der Waals surface area contributed by atoms with Gasteiger partial charge in [-0.05, 0) is 76.0 Å². The molecule has 3 aliphatic carbocycles. The summed E-state index contributed by atoms with van der Waals surface area (Å²) in [5.41, 5.74) is 3.62.